The molecule has 2 heterocycles. The first-order valence-electron chi connectivity index (χ1n) is 5.36. The average molecular weight is 241 g/mol. The lowest BCUT2D eigenvalue weighted by Crippen LogP contribution is -1.83. The van der Waals surface area contributed by atoms with E-state index >= 15 is 0 Å². The molecule has 0 bridgehead atoms. The molecule has 0 radical (unpaired) electrons. The summed E-state index contributed by atoms with van der Waals surface area (Å²) in [5.74, 6) is 0. The number of hydrogen-bond donors (Lipinski definition) is 1. The molecule has 0 atom stereocenters. The van der Waals surface area contributed by atoms with Crippen LogP contribution in [0.5, 0.6) is 0 Å². The minimum atomic E-state index is 0.931. The Balaban J connectivity index is 2.23. The van der Waals surface area contributed by atoms with Crippen molar-refractivity contribution in [3.63, 3.8) is 0 Å². The molecule has 2 aromatic heterocycles. The van der Waals surface area contributed by atoms with Crippen molar-refractivity contribution in [3.05, 3.63) is 42.7 Å². The summed E-state index contributed by atoms with van der Waals surface area (Å²) in [7, 11) is 1.88. The minimum absolute atomic E-state index is 0.931. The molecular weight excluding hydrogens is 230 g/mol. The molecule has 3 rings (SSSR count). The Kier molecular flexibility index (Phi) is 2.49. The number of hydrogen-bond acceptors (Lipinski definition) is 4. The van der Waals surface area contributed by atoms with Crippen LogP contribution < -0.4 is 5.32 Å². The summed E-state index contributed by atoms with van der Waals surface area (Å²) in [6.07, 6.45) is 3.74. The van der Waals surface area contributed by atoms with E-state index in [1.807, 2.05) is 43.7 Å². The van der Waals surface area contributed by atoms with Gasteiger partial charge in [0.1, 0.15) is 0 Å². The van der Waals surface area contributed by atoms with Gasteiger partial charge in [-0.15, -0.1) is 0 Å². The van der Waals surface area contributed by atoms with Crippen molar-refractivity contribution in [2.24, 2.45) is 0 Å². The van der Waals surface area contributed by atoms with E-state index in [0.717, 1.165) is 15.5 Å². The van der Waals surface area contributed by atoms with Gasteiger partial charge >= 0.3 is 0 Å². The summed E-state index contributed by atoms with van der Waals surface area (Å²) in [6.45, 7) is 0. The SMILES string of the molecule is CNc1ncc(-c2ccnc3ccccc23)s1. The first-order chi connectivity index (χ1) is 8.38. The maximum absolute atomic E-state index is 4.36. The van der Waals surface area contributed by atoms with Crippen molar-refractivity contribution in [3.8, 4) is 10.4 Å². The number of nitrogens with zero attached hydrogens (tertiary/aromatic N) is 2. The van der Waals surface area contributed by atoms with Gasteiger partial charge in [-0.1, -0.05) is 29.5 Å². The van der Waals surface area contributed by atoms with Crippen LogP contribution in [0, 0.1) is 0 Å². The number of benzene rings is 1. The van der Waals surface area contributed by atoms with Crippen LogP contribution >= 0.6 is 11.3 Å². The van der Waals surface area contributed by atoms with E-state index in [0.29, 0.717) is 0 Å². The minimum Gasteiger partial charge on any atom is -0.365 e. The normalized spacial score (nSPS) is 10.6. The molecule has 0 aliphatic rings. The Morgan fingerprint density at radius 3 is 2.82 bits per heavy atom. The molecule has 1 N–H and O–H groups in total. The molecule has 4 heteroatoms. The summed E-state index contributed by atoms with van der Waals surface area (Å²) < 4.78 is 0. The van der Waals surface area contributed by atoms with Crippen LogP contribution in [0.2, 0.25) is 0 Å². The highest BCUT2D eigenvalue weighted by Crippen LogP contribution is 2.32. The van der Waals surface area contributed by atoms with Gasteiger partial charge in [-0.2, -0.15) is 0 Å². The van der Waals surface area contributed by atoms with Crippen molar-refractivity contribution in [1.82, 2.24) is 9.97 Å². The molecule has 0 saturated carbocycles. The number of nitrogens with one attached hydrogen (secondary N) is 1. The zero-order valence-electron chi connectivity index (χ0n) is 9.34. The van der Waals surface area contributed by atoms with E-state index in [2.05, 4.69) is 21.4 Å². The molecular formula is C13H11N3S. The highest BCUT2D eigenvalue weighted by Gasteiger charge is 2.07. The molecule has 0 amide bonds. The molecule has 1 aromatic carbocycles. The average Bonchev–Trinajstić information content (AvgIpc) is 2.87. The Labute approximate surface area is 103 Å². The molecule has 0 spiro atoms. The molecule has 3 aromatic rings. The number of pyridine rings is 1. The highest BCUT2D eigenvalue weighted by molar-refractivity contribution is 7.19. The number of para-hydroxylation sites is 1. The molecule has 84 valence electrons. The lowest BCUT2D eigenvalue weighted by molar-refractivity contribution is 1.36. The lowest BCUT2D eigenvalue weighted by Gasteiger charge is -2.02. The van der Waals surface area contributed by atoms with Crippen LogP contribution in [0.3, 0.4) is 0 Å². The smallest absolute Gasteiger partial charge is 0.182 e. The van der Waals surface area contributed by atoms with Crippen molar-refractivity contribution >= 4 is 27.4 Å². The molecule has 0 aliphatic heterocycles. The maximum Gasteiger partial charge on any atom is 0.182 e. The van der Waals surface area contributed by atoms with Gasteiger partial charge in [0.15, 0.2) is 5.13 Å². The fourth-order valence-corrected chi connectivity index (χ4v) is 2.63. The van der Waals surface area contributed by atoms with E-state index in [1.54, 1.807) is 11.3 Å². The molecule has 3 nitrogen and oxygen atoms in total. The fraction of sp³-hybridized carbons (Fsp3) is 0.0769. The van der Waals surface area contributed by atoms with Gasteiger partial charge in [0.2, 0.25) is 0 Å². The van der Waals surface area contributed by atoms with Crippen molar-refractivity contribution < 1.29 is 0 Å². The third kappa shape index (κ3) is 1.76. The van der Waals surface area contributed by atoms with Crippen molar-refractivity contribution in [1.29, 1.82) is 0 Å². The van der Waals surface area contributed by atoms with Crippen LogP contribution in [-0.4, -0.2) is 17.0 Å². The summed E-state index contributed by atoms with van der Waals surface area (Å²) in [5.41, 5.74) is 2.21. The number of aromatic nitrogens is 2. The fourth-order valence-electron chi connectivity index (χ4n) is 1.82. The van der Waals surface area contributed by atoms with Gasteiger partial charge < -0.3 is 5.32 Å². The summed E-state index contributed by atoms with van der Waals surface area (Å²) in [5, 5.41) is 5.16. The second-order valence-corrected chi connectivity index (χ2v) is 4.69. The van der Waals surface area contributed by atoms with Gasteiger partial charge in [0.05, 0.1) is 10.4 Å². The zero-order valence-corrected chi connectivity index (χ0v) is 10.2. The molecule has 17 heavy (non-hydrogen) atoms. The quantitative estimate of drug-likeness (QED) is 0.747. The zero-order chi connectivity index (χ0) is 11.7. The van der Waals surface area contributed by atoms with Crippen molar-refractivity contribution in [2.75, 3.05) is 12.4 Å². The van der Waals surface area contributed by atoms with Gasteiger partial charge in [-0.25, -0.2) is 4.98 Å². The Morgan fingerprint density at radius 1 is 1.12 bits per heavy atom. The molecule has 0 aliphatic carbocycles. The van der Waals surface area contributed by atoms with Crippen LogP contribution in [0.25, 0.3) is 21.3 Å². The van der Waals surface area contributed by atoms with Crippen LogP contribution in [0.15, 0.2) is 42.7 Å². The standard InChI is InChI=1S/C13H11N3S/c1-14-13-16-8-12(17-13)10-6-7-15-11-5-3-2-4-9(10)11/h2-8H,1H3,(H,14,16). The third-order valence-corrected chi connectivity index (χ3v) is 3.68. The summed E-state index contributed by atoms with van der Waals surface area (Å²) >= 11 is 1.65. The van der Waals surface area contributed by atoms with Crippen molar-refractivity contribution in [2.45, 2.75) is 0 Å². The van der Waals surface area contributed by atoms with E-state index in [-0.39, 0.29) is 0 Å². The Bertz CT molecular complexity index is 655. The topological polar surface area (TPSA) is 37.8 Å². The van der Waals surface area contributed by atoms with Gasteiger partial charge in [-0.05, 0) is 12.1 Å². The van der Waals surface area contributed by atoms with Crippen LogP contribution in [0.4, 0.5) is 5.13 Å². The second kappa shape index (κ2) is 4.14. The number of fused-ring (bicyclic) bond motifs is 1. The first-order valence-corrected chi connectivity index (χ1v) is 6.18. The van der Waals surface area contributed by atoms with Gasteiger partial charge in [-0.3, -0.25) is 4.98 Å². The first kappa shape index (κ1) is 10.2. The van der Waals surface area contributed by atoms with E-state index in [9.17, 15) is 0 Å². The molecule has 0 fully saturated rings. The monoisotopic (exact) mass is 241 g/mol. The lowest BCUT2D eigenvalue weighted by atomic mass is 10.1. The highest BCUT2D eigenvalue weighted by atomic mass is 32.1. The second-order valence-electron chi connectivity index (χ2n) is 3.66. The summed E-state index contributed by atoms with van der Waals surface area (Å²) in [6, 6.07) is 10.2. The summed E-state index contributed by atoms with van der Waals surface area (Å²) in [4.78, 5) is 9.83. The van der Waals surface area contributed by atoms with Gasteiger partial charge in [0, 0.05) is 30.4 Å². The van der Waals surface area contributed by atoms with E-state index in [4.69, 9.17) is 0 Å². The molecule has 0 unspecified atom stereocenters. The third-order valence-electron chi connectivity index (χ3n) is 2.63. The molecule has 0 saturated heterocycles. The van der Waals surface area contributed by atoms with Crippen LogP contribution in [0.1, 0.15) is 0 Å². The van der Waals surface area contributed by atoms with Crippen LogP contribution in [-0.2, 0) is 0 Å². The van der Waals surface area contributed by atoms with E-state index < -0.39 is 0 Å². The predicted octanol–water partition coefficient (Wildman–Crippen LogP) is 3.40. The number of anilines is 1. The van der Waals surface area contributed by atoms with E-state index in [1.165, 1.54) is 10.9 Å². The largest absolute Gasteiger partial charge is 0.365 e. The van der Waals surface area contributed by atoms with Gasteiger partial charge in [0.25, 0.3) is 0 Å². The Hall–Kier alpha value is -1.94. The predicted molar refractivity (Wildman–Crippen MR) is 72.4 cm³/mol. The maximum atomic E-state index is 4.36. The number of rotatable bonds is 2. The Morgan fingerprint density at radius 2 is 2.00 bits per heavy atom. The number of thiazole rings is 1.